The van der Waals surface area contributed by atoms with Crippen LogP contribution in [-0.2, 0) is 11.8 Å². The molecule has 24 heavy (non-hydrogen) atoms. The van der Waals surface area contributed by atoms with Crippen LogP contribution in [0.1, 0.15) is 29.6 Å². The lowest BCUT2D eigenvalue weighted by Crippen LogP contribution is -2.37. The van der Waals surface area contributed by atoms with Crippen LogP contribution >= 0.6 is 0 Å². The predicted octanol–water partition coefficient (Wildman–Crippen LogP) is 2.16. The normalized spacial score (nSPS) is 23.2. The lowest BCUT2D eigenvalue weighted by Gasteiger charge is -2.15. The summed E-state index contributed by atoms with van der Waals surface area (Å²) in [5.41, 5.74) is -0.0487. The fourth-order valence-electron chi connectivity index (χ4n) is 2.99. The molecule has 2 N–H and O–H groups in total. The van der Waals surface area contributed by atoms with Crippen molar-refractivity contribution in [3.8, 4) is 11.1 Å². The van der Waals surface area contributed by atoms with Crippen LogP contribution in [0.3, 0.4) is 0 Å². The molecule has 0 spiro atoms. The molecular formula is C17H18FN3O3. The summed E-state index contributed by atoms with van der Waals surface area (Å²) in [6, 6.07) is 6.58. The van der Waals surface area contributed by atoms with E-state index in [4.69, 9.17) is 5.11 Å². The molecule has 1 aromatic carbocycles. The molecule has 0 saturated heterocycles. The van der Waals surface area contributed by atoms with Crippen molar-refractivity contribution in [2.24, 2.45) is 7.05 Å². The van der Waals surface area contributed by atoms with Gasteiger partial charge in [-0.1, -0.05) is 12.1 Å². The number of benzene rings is 1. The second-order valence-electron chi connectivity index (χ2n) is 6.17. The minimum absolute atomic E-state index is 0.0804. The summed E-state index contributed by atoms with van der Waals surface area (Å²) in [4.78, 5) is 23.3. The van der Waals surface area contributed by atoms with E-state index in [-0.39, 0.29) is 18.7 Å². The number of hydrogen-bond acceptors (Lipinski definition) is 3. The minimum atomic E-state index is -2.24. The summed E-state index contributed by atoms with van der Waals surface area (Å²) in [6.07, 6.45) is 3.59. The Morgan fingerprint density at radius 3 is 2.83 bits per heavy atom. The Bertz CT molecular complexity index is 789. The number of carboxylic acids is 1. The summed E-state index contributed by atoms with van der Waals surface area (Å²) in [5, 5.41) is 15.7. The van der Waals surface area contributed by atoms with Crippen molar-refractivity contribution < 1.29 is 19.1 Å². The first kappa shape index (κ1) is 16.2. The van der Waals surface area contributed by atoms with E-state index in [0.29, 0.717) is 12.0 Å². The second kappa shape index (κ2) is 6.07. The molecule has 7 heteroatoms. The van der Waals surface area contributed by atoms with Gasteiger partial charge in [0.2, 0.25) is 5.67 Å². The van der Waals surface area contributed by atoms with Crippen LogP contribution in [-0.4, -0.2) is 38.5 Å². The summed E-state index contributed by atoms with van der Waals surface area (Å²) in [5.74, 6) is -1.79. The van der Waals surface area contributed by atoms with Crippen LogP contribution in [0.2, 0.25) is 0 Å². The third kappa shape index (κ3) is 3.15. The fraction of sp³-hybridized carbons (Fsp3) is 0.353. The maximum atomic E-state index is 14.1. The smallest absolute Gasteiger partial charge is 0.341 e. The lowest BCUT2D eigenvalue weighted by molar-refractivity contribution is -0.150. The van der Waals surface area contributed by atoms with Crippen LogP contribution < -0.4 is 5.32 Å². The number of amides is 1. The molecule has 1 aromatic heterocycles. The van der Waals surface area contributed by atoms with Crippen molar-refractivity contribution in [3.63, 3.8) is 0 Å². The van der Waals surface area contributed by atoms with Gasteiger partial charge in [-0.05, 0) is 30.5 Å². The van der Waals surface area contributed by atoms with Crippen molar-refractivity contribution >= 4 is 11.9 Å². The molecule has 1 aliphatic rings. The Morgan fingerprint density at radius 1 is 1.42 bits per heavy atom. The van der Waals surface area contributed by atoms with E-state index in [1.807, 2.05) is 19.3 Å². The number of nitrogens with one attached hydrogen (secondary N) is 1. The Labute approximate surface area is 138 Å². The number of hydrogen-bond donors (Lipinski definition) is 2. The van der Waals surface area contributed by atoms with E-state index >= 15 is 0 Å². The highest BCUT2D eigenvalue weighted by Gasteiger charge is 2.46. The van der Waals surface area contributed by atoms with Crippen LogP contribution in [0.15, 0.2) is 36.7 Å². The molecule has 0 bridgehead atoms. The van der Waals surface area contributed by atoms with Crippen molar-refractivity contribution in [3.05, 3.63) is 42.2 Å². The Hall–Kier alpha value is -2.70. The van der Waals surface area contributed by atoms with Crippen LogP contribution in [0.5, 0.6) is 0 Å². The quantitative estimate of drug-likeness (QED) is 0.899. The number of rotatable bonds is 4. The molecule has 1 aliphatic carbocycles. The topological polar surface area (TPSA) is 84.2 Å². The summed E-state index contributed by atoms with van der Waals surface area (Å²) in [7, 11) is 1.81. The zero-order valence-electron chi connectivity index (χ0n) is 13.2. The Balaban J connectivity index is 1.71. The van der Waals surface area contributed by atoms with Gasteiger partial charge in [0.05, 0.1) is 6.20 Å². The van der Waals surface area contributed by atoms with E-state index in [1.54, 1.807) is 29.1 Å². The van der Waals surface area contributed by atoms with Gasteiger partial charge in [0.1, 0.15) is 0 Å². The zero-order chi connectivity index (χ0) is 17.3. The third-order valence-corrected chi connectivity index (χ3v) is 4.34. The number of alkyl halides is 1. The van der Waals surface area contributed by atoms with Gasteiger partial charge in [-0.25, -0.2) is 9.18 Å². The first-order valence-electron chi connectivity index (χ1n) is 7.70. The van der Waals surface area contributed by atoms with Crippen molar-refractivity contribution in [2.75, 3.05) is 0 Å². The number of carbonyl (C=O) groups is 2. The van der Waals surface area contributed by atoms with E-state index in [1.165, 1.54) is 0 Å². The average molecular weight is 331 g/mol. The number of carboxylic acid groups (broad SMARTS) is 1. The average Bonchev–Trinajstić information content (AvgIpc) is 3.14. The Kier molecular flexibility index (Phi) is 4.09. The molecule has 126 valence electrons. The van der Waals surface area contributed by atoms with E-state index < -0.39 is 17.7 Å². The van der Waals surface area contributed by atoms with E-state index in [9.17, 15) is 14.0 Å². The van der Waals surface area contributed by atoms with Gasteiger partial charge < -0.3 is 10.4 Å². The molecule has 1 fully saturated rings. The summed E-state index contributed by atoms with van der Waals surface area (Å²) >= 11 is 0. The minimum Gasteiger partial charge on any atom is -0.479 e. The number of aryl methyl sites for hydroxylation is 1. The molecule has 6 nitrogen and oxygen atoms in total. The van der Waals surface area contributed by atoms with Crippen molar-refractivity contribution in [1.29, 1.82) is 0 Å². The third-order valence-electron chi connectivity index (χ3n) is 4.34. The van der Waals surface area contributed by atoms with Crippen molar-refractivity contribution in [2.45, 2.75) is 31.0 Å². The zero-order valence-corrected chi connectivity index (χ0v) is 13.2. The predicted molar refractivity (Wildman–Crippen MR) is 85.2 cm³/mol. The molecule has 0 aliphatic heterocycles. The monoisotopic (exact) mass is 331 g/mol. The van der Waals surface area contributed by atoms with Gasteiger partial charge >= 0.3 is 5.97 Å². The van der Waals surface area contributed by atoms with E-state index in [0.717, 1.165) is 11.1 Å². The molecule has 1 heterocycles. The molecular weight excluding hydrogens is 313 g/mol. The van der Waals surface area contributed by atoms with Crippen LogP contribution in [0, 0.1) is 0 Å². The second-order valence-corrected chi connectivity index (χ2v) is 6.17. The SMILES string of the molecule is Cn1cc(-c2cccc(C(=O)NC3CCC(F)(C(=O)O)C3)c2)cn1. The number of halogens is 1. The van der Waals surface area contributed by atoms with Crippen LogP contribution in [0.4, 0.5) is 4.39 Å². The fourth-order valence-corrected chi connectivity index (χ4v) is 2.99. The first-order valence-corrected chi connectivity index (χ1v) is 7.70. The van der Waals surface area contributed by atoms with E-state index in [2.05, 4.69) is 10.4 Å². The number of aliphatic carboxylic acids is 1. The van der Waals surface area contributed by atoms with Gasteiger partial charge in [0, 0.05) is 36.8 Å². The number of nitrogens with zero attached hydrogens (tertiary/aromatic N) is 2. The van der Waals surface area contributed by atoms with Gasteiger partial charge in [-0.3, -0.25) is 9.48 Å². The van der Waals surface area contributed by atoms with Crippen LogP contribution in [0.25, 0.3) is 11.1 Å². The molecule has 1 saturated carbocycles. The maximum absolute atomic E-state index is 14.1. The number of aromatic nitrogens is 2. The van der Waals surface area contributed by atoms with Gasteiger partial charge in [0.15, 0.2) is 0 Å². The first-order chi connectivity index (χ1) is 11.4. The number of carbonyl (C=O) groups excluding carboxylic acids is 1. The molecule has 2 aromatic rings. The highest BCUT2D eigenvalue weighted by atomic mass is 19.1. The standard InChI is InChI=1S/C17H18FN3O3/c1-21-10-13(9-19-21)11-3-2-4-12(7-11)15(22)20-14-5-6-17(18,8-14)16(23)24/h2-4,7,9-10,14H,5-6,8H2,1H3,(H,20,22)(H,23,24). The van der Waals surface area contributed by atoms with Gasteiger partial charge in [-0.2, -0.15) is 5.10 Å². The summed E-state index contributed by atoms with van der Waals surface area (Å²) in [6.45, 7) is 0. The van der Waals surface area contributed by atoms with Gasteiger partial charge in [0.25, 0.3) is 5.91 Å². The highest BCUT2D eigenvalue weighted by molar-refractivity contribution is 5.95. The van der Waals surface area contributed by atoms with Gasteiger partial charge in [-0.15, -0.1) is 0 Å². The highest BCUT2D eigenvalue weighted by Crippen LogP contribution is 2.34. The summed E-state index contributed by atoms with van der Waals surface area (Å²) < 4.78 is 15.7. The lowest BCUT2D eigenvalue weighted by atomic mass is 10.0. The largest absolute Gasteiger partial charge is 0.479 e. The molecule has 2 atom stereocenters. The molecule has 2 unspecified atom stereocenters. The maximum Gasteiger partial charge on any atom is 0.341 e. The molecule has 3 rings (SSSR count). The molecule has 1 amide bonds. The van der Waals surface area contributed by atoms with Crippen molar-refractivity contribution in [1.82, 2.24) is 15.1 Å². The molecule has 0 radical (unpaired) electrons. The Morgan fingerprint density at radius 2 is 2.21 bits per heavy atom.